The topological polar surface area (TPSA) is 0 Å². The second-order valence-electron chi connectivity index (χ2n) is 2.94. The van der Waals surface area contributed by atoms with Gasteiger partial charge >= 0.3 is 0 Å². The maximum absolute atomic E-state index is 5.83. The van der Waals surface area contributed by atoms with Crippen molar-refractivity contribution in [1.82, 2.24) is 0 Å². The van der Waals surface area contributed by atoms with Gasteiger partial charge in [-0.1, -0.05) is 12.8 Å². The van der Waals surface area contributed by atoms with E-state index in [1.165, 1.54) is 30.1 Å². The summed E-state index contributed by atoms with van der Waals surface area (Å²) in [6, 6.07) is 0. The van der Waals surface area contributed by atoms with Crippen LogP contribution in [0.15, 0.2) is 0 Å². The zero-order valence-electron chi connectivity index (χ0n) is 6.07. The van der Waals surface area contributed by atoms with E-state index in [1.807, 2.05) is 0 Å². The van der Waals surface area contributed by atoms with E-state index in [9.17, 15) is 0 Å². The quantitative estimate of drug-likeness (QED) is 0.486. The van der Waals surface area contributed by atoms with Gasteiger partial charge in [-0.2, -0.15) is 0 Å². The van der Waals surface area contributed by atoms with Gasteiger partial charge in [-0.05, 0) is 28.1 Å². The zero-order valence-corrected chi connectivity index (χ0v) is 8.23. The Morgan fingerprint density at radius 1 is 1.44 bits per heavy atom. The van der Waals surface area contributed by atoms with E-state index in [4.69, 9.17) is 4.31 Å². The van der Waals surface area contributed by atoms with Crippen molar-refractivity contribution < 1.29 is 0 Å². The van der Waals surface area contributed by atoms with Gasteiger partial charge in [0.05, 0.1) is 0 Å². The summed E-state index contributed by atoms with van der Waals surface area (Å²) < 4.78 is 7.24. The molecule has 1 heteroatoms. The Kier molecular flexibility index (Phi) is 3.07. The van der Waals surface area contributed by atoms with Crippen LogP contribution in [0.3, 0.4) is 0 Å². The highest BCUT2D eigenvalue weighted by Gasteiger charge is 2.13. The van der Waals surface area contributed by atoms with Gasteiger partial charge in [-0.3, -0.25) is 0 Å². The van der Waals surface area contributed by atoms with Crippen LogP contribution < -0.4 is 0 Å². The first-order valence-electron chi connectivity index (χ1n) is 3.59. The largest absolute Gasteiger partial charge is 0.141 e. The van der Waals surface area contributed by atoms with Gasteiger partial charge in [0.2, 0.25) is 0 Å². The molecular weight excluding hydrogens is 223 g/mol. The highest BCUT2D eigenvalue weighted by molar-refractivity contribution is 14.2. The summed E-state index contributed by atoms with van der Waals surface area (Å²) >= 11 is -0.871. The van der Waals surface area contributed by atoms with Gasteiger partial charge in [0.15, 0.2) is 0 Å². The Labute approximate surface area is 64.5 Å². The number of alkyl halides is 2. The third-order valence-electron chi connectivity index (χ3n) is 1.94. The second kappa shape index (κ2) is 3.62. The summed E-state index contributed by atoms with van der Waals surface area (Å²) in [4.78, 5) is 2.27. The fraction of sp³-hybridized carbons (Fsp3) is 0.875. The van der Waals surface area contributed by atoms with Gasteiger partial charge in [-0.15, -0.1) is 23.5 Å². The van der Waals surface area contributed by atoms with Crippen LogP contribution in [0.5, 0.6) is 0 Å². The standard InChI is InChI=1S/C8H15I/c1-9(2)7-8-5-3-4-6-8/h1,8H,3-7H2,2H3. The summed E-state index contributed by atoms with van der Waals surface area (Å²) in [5.41, 5.74) is 0. The van der Waals surface area contributed by atoms with Crippen molar-refractivity contribution >= 4 is 19.1 Å². The van der Waals surface area contributed by atoms with Gasteiger partial charge in [0.1, 0.15) is 0 Å². The van der Waals surface area contributed by atoms with Crippen molar-refractivity contribution in [1.29, 1.82) is 0 Å². The van der Waals surface area contributed by atoms with Crippen LogP contribution >= 0.6 is 19.1 Å². The number of hydrogen-bond donors (Lipinski definition) is 0. The summed E-state index contributed by atoms with van der Waals surface area (Å²) in [5, 5.41) is 0. The van der Waals surface area contributed by atoms with Crippen molar-refractivity contribution in [2.75, 3.05) is 9.36 Å². The highest BCUT2D eigenvalue weighted by atomic mass is 127. The molecule has 0 aromatic heterocycles. The zero-order chi connectivity index (χ0) is 6.69. The third kappa shape index (κ3) is 2.72. The van der Waals surface area contributed by atoms with Crippen LogP contribution in [0.4, 0.5) is 0 Å². The second-order valence-corrected chi connectivity index (χ2v) is 7.48. The average molecular weight is 238 g/mol. The van der Waals surface area contributed by atoms with Gasteiger partial charge in [0, 0.05) is 0 Å². The Morgan fingerprint density at radius 2 is 2.00 bits per heavy atom. The molecule has 1 aliphatic carbocycles. The summed E-state index contributed by atoms with van der Waals surface area (Å²) in [6.07, 6.45) is 5.88. The predicted octanol–water partition coefficient (Wildman–Crippen LogP) is 2.90. The van der Waals surface area contributed by atoms with Crippen LogP contribution in [0.2, 0.25) is 0 Å². The first-order chi connectivity index (χ1) is 4.29. The van der Waals surface area contributed by atoms with Gasteiger partial charge < -0.3 is 0 Å². The molecule has 0 heterocycles. The molecule has 54 valence electrons. The lowest BCUT2D eigenvalue weighted by Gasteiger charge is -2.05. The van der Waals surface area contributed by atoms with Gasteiger partial charge in [-0.25, -0.2) is 0 Å². The van der Waals surface area contributed by atoms with E-state index in [0.29, 0.717) is 0 Å². The molecule has 0 aromatic carbocycles. The van der Waals surface area contributed by atoms with E-state index in [-0.39, 0.29) is 0 Å². The fourth-order valence-corrected chi connectivity index (χ4v) is 4.35. The number of halogens is 1. The molecule has 1 saturated carbocycles. The molecule has 0 aliphatic heterocycles. The highest BCUT2D eigenvalue weighted by Crippen LogP contribution is 2.30. The normalized spacial score (nSPS) is 21.4. The minimum Gasteiger partial charge on any atom is -0.141 e. The third-order valence-corrected chi connectivity index (χ3v) is 4.57. The summed E-state index contributed by atoms with van der Waals surface area (Å²) in [5.74, 6) is 1.03. The van der Waals surface area contributed by atoms with Crippen molar-refractivity contribution in [2.45, 2.75) is 25.7 Å². The Hall–Kier alpha value is 0.510. The predicted molar refractivity (Wildman–Crippen MR) is 51.7 cm³/mol. The lowest BCUT2D eigenvalue weighted by Crippen LogP contribution is -1.94. The first kappa shape index (κ1) is 7.62. The van der Waals surface area contributed by atoms with Crippen molar-refractivity contribution in [2.24, 2.45) is 5.92 Å². The van der Waals surface area contributed by atoms with E-state index < -0.39 is 19.1 Å². The molecule has 0 spiro atoms. The van der Waals surface area contributed by atoms with Crippen LogP contribution in [0.25, 0.3) is 0 Å². The van der Waals surface area contributed by atoms with Crippen LogP contribution in [-0.4, -0.2) is 9.36 Å². The molecule has 0 amide bonds. The molecule has 0 nitrogen and oxygen atoms in total. The van der Waals surface area contributed by atoms with E-state index in [0.717, 1.165) is 5.92 Å². The van der Waals surface area contributed by atoms with Crippen molar-refractivity contribution in [3.63, 3.8) is 0 Å². The molecule has 0 atom stereocenters. The number of hydrogen-bond acceptors (Lipinski definition) is 0. The van der Waals surface area contributed by atoms with Crippen LogP contribution in [0.1, 0.15) is 25.7 Å². The molecule has 0 bridgehead atoms. The first-order valence-corrected chi connectivity index (χ1v) is 8.52. The fourth-order valence-electron chi connectivity index (χ4n) is 1.51. The maximum atomic E-state index is 5.83. The Morgan fingerprint density at radius 3 is 2.44 bits per heavy atom. The van der Waals surface area contributed by atoms with Gasteiger partial charge in [0.25, 0.3) is 0 Å². The van der Waals surface area contributed by atoms with E-state index in [2.05, 4.69) is 4.93 Å². The smallest absolute Gasteiger partial charge is 0.00427 e. The molecule has 1 rings (SSSR count). The Bertz CT molecular complexity index is 134. The molecule has 0 saturated heterocycles. The van der Waals surface area contributed by atoms with E-state index in [1.54, 1.807) is 0 Å². The van der Waals surface area contributed by atoms with Crippen molar-refractivity contribution in [3.05, 3.63) is 0 Å². The Balaban J connectivity index is 2.21. The molecule has 0 aromatic rings. The SMILES string of the molecule is C#I(C)CC1CCCC1. The average Bonchev–Trinajstić information content (AvgIpc) is 2.15. The molecule has 9 heavy (non-hydrogen) atoms. The molecule has 1 aliphatic rings. The van der Waals surface area contributed by atoms with Crippen molar-refractivity contribution in [3.8, 4) is 4.31 Å². The maximum Gasteiger partial charge on any atom is -0.00427 e. The lowest BCUT2D eigenvalue weighted by atomic mass is 10.2. The minimum absolute atomic E-state index is 0.871. The molecular formula is C8H15I. The summed E-state index contributed by atoms with van der Waals surface area (Å²) in [7, 11) is 0. The molecule has 0 radical (unpaired) electrons. The molecule has 1 fully saturated rings. The van der Waals surface area contributed by atoms with Crippen LogP contribution in [-0.2, 0) is 0 Å². The van der Waals surface area contributed by atoms with Crippen LogP contribution in [0, 0.1) is 10.2 Å². The monoisotopic (exact) mass is 238 g/mol. The minimum atomic E-state index is -0.871. The summed E-state index contributed by atoms with van der Waals surface area (Å²) in [6.45, 7) is 0. The number of rotatable bonds is 1. The lowest BCUT2D eigenvalue weighted by molar-refractivity contribution is 0.632. The molecule has 0 unspecified atom stereocenters. The molecule has 0 N–H and O–H groups in total. The van der Waals surface area contributed by atoms with E-state index >= 15 is 0 Å².